The van der Waals surface area contributed by atoms with Crippen molar-refractivity contribution >= 4 is 40.2 Å². The zero-order valence-electron chi connectivity index (χ0n) is 20.5. The molecule has 1 N–H and O–H groups in total. The Labute approximate surface area is 204 Å². The van der Waals surface area contributed by atoms with Gasteiger partial charge < -0.3 is 14.8 Å². The van der Waals surface area contributed by atoms with E-state index in [0.29, 0.717) is 17.8 Å². The summed E-state index contributed by atoms with van der Waals surface area (Å²) in [6.45, 7) is 7.28. The van der Waals surface area contributed by atoms with E-state index >= 15 is 4.39 Å². The van der Waals surface area contributed by atoms with Crippen molar-refractivity contribution in [2.24, 2.45) is 16.8 Å². The predicted molar refractivity (Wildman–Crippen MR) is 137 cm³/mol. The number of aliphatic imine (C=N–C) groups is 1. The van der Waals surface area contributed by atoms with Gasteiger partial charge in [-0.05, 0) is 59.2 Å². The molecule has 1 unspecified atom stereocenters. The Morgan fingerprint density at radius 3 is 2.76 bits per heavy atom. The molecule has 4 rings (SSSR count). The van der Waals surface area contributed by atoms with Gasteiger partial charge in [0, 0.05) is 52.3 Å². The van der Waals surface area contributed by atoms with Gasteiger partial charge >= 0.3 is 0 Å². The van der Waals surface area contributed by atoms with Crippen molar-refractivity contribution in [2.75, 3.05) is 32.9 Å². The average molecular weight is 485 g/mol. The molecule has 2 amide bonds. The number of alkyl halides is 1. The fraction of sp³-hybridized carbons (Fsp3) is 0.500. The van der Waals surface area contributed by atoms with Gasteiger partial charge in [0.25, 0.3) is 11.8 Å². The number of amides is 2. The number of allylic oxidation sites excluding steroid dienone is 1. The van der Waals surface area contributed by atoms with Crippen LogP contribution >= 0.6 is 11.8 Å². The third-order valence-electron chi connectivity index (χ3n) is 7.19. The minimum Gasteiger partial charge on any atom is -0.351 e. The molecule has 0 saturated carbocycles. The number of aromatic nitrogens is 1. The Bertz CT molecular complexity index is 1170. The van der Waals surface area contributed by atoms with Crippen LogP contribution < -0.4 is 5.32 Å². The zero-order chi connectivity index (χ0) is 24.6. The molecule has 34 heavy (non-hydrogen) atoms. The number of carbonyl (C=O) groups excluding carboxylic acids is 2. The third-order valence-corrected chi connectivity index (χ3v) is 8.06. The summed E-state index contributed by atoms with van der Waals surface area (Å²) in [7, 11) is 1.95. The quantitative estimate of drug-likeness (QED) is 0.660. The zero-order valence-corrected chi connectivity index (χ0v) is 21.3. The van der Waals surface area contributed by atoms with Gasteiger partial charge in [0.05, 0.1) is 11.5 Å². The number of fused-ring (bicyclic) bond motifs is 1. The van der Waals surface area contributed by atoms with Gasteiger partial charge in [0.15, 0.2) is 0 Å². The Morgan fingerprint density at radius 2 is 2.06 bits per heavy atom. The largest absolute Gasteiger partial charge is 0.351 e. The van der Waals surface area contributed by atoms with Crippen molar-refractivity contribution in [3.63, 3.8) is 0 Å². The first kappa shape index (κ1) is 24.7. The van der Waals surface area contributed by atoms with Crippen molar-refractivity contribution in [3.05, 3.63) is 46.5 Å². The lowest BCUT2D eigenvalue weighted by Crippen LogP contribution is -2.42. The van der Waals surface area contributed by atoms with E-state index < -0.39 is 12.1 Å². The lowest BCUT2D eigenvalue weighted by molar-refractivity contribution is -0.120. The highest BCUT2D eigenvalue weighted by Crippen LogP contribution is 2.36. The normalized spacial score (nSPS) is 24.6. The summed E-state index contributed by atoms with van der Waals surface area (Å²) >= 11 is 1.50. The molecule has 1 fully saturated rings. The number of thioether (sulfide) groups is 1. The van der Waals surface area contributed by atoms with Crippen LogP contribution in [-0.2, 0) is 4.79 Å². The molecule has 2 aromatic rings. The summed E-state index contributed by atoms with van der Waals surface area (Å²) in [6.07, 6.45) is 3.69. The van der Waals surface area contributed by atoms with Gasteiger partial charge in [-0.2, -0.15) is 0 Å². The summed E-state index contributed by atoms with van der Waals surface area (Å²) in [5.41, 5.74) is 3.03. The van der Waals surface area contributed by atoms with Crippen molar-refractivity contribution in [3.8, 4) is 0 Å². The van der Waals surface area contributed by atoms with Crippen molar-refractivity contribution in [1.82, 2.24) is 14.8 Å². The smallest absolute Gasteiger partial charge is 0.255 e. The lowest BCUT2D eigenvalue weighted by Gasteiger charge is -2.37. The molecule has 6 nitrogen and oxygen atoms in total. The van der Waals surface area contributed by atoms with E-state index in [2.05, 4.69) is 21.8 Å². The molecule has 3 heterocycles. The maximum Gasteiger partial charge on any atom is 0.255 e. The molecular weight excluding hydrogens is 451 g/mol. The second-order valence-electron chi connectivity index (χ2n) is 9.42. The van der Waals surface area contributed by atoms with Crippen LogP contribution in [0.3, 0.4) is 0 Å². The second kappa shape index (κ2) is 10.0. The van der Waals surface area contributed by atoms with E-state index in [1.54, 1.807) is 6.92 Å². The lowest BCUT2D eigenvalue weighted by atomic mass is 9.88. The number of hydrogen-bond acceptors (Lipinski definition) is 4. The SMILES string of the molecule is CSC1=CC(C)=NC(=O)C1CNC(=O)c1c(C)n([C@H](C)[C@H]2CCN(C)C[C@@H]2F)c2ccccc12. The summed E-state index contributed by atoms with van der Waals surface area (Å²) < 4.78 is 17.1. The van der Waals surface area contributed by atoms with Crippen LogP contribution in [0.1, 0.15) is 42.4 Å². The first-order chi connectivity index (χ1) is 16.2. The van der Waals surface area contributed by atoms with Crippen LogP contribution in [0.25, 0.3) is 10.9 Å². The van der Waals surface area contributed by atoms with Crippen molar-refractivity contribution in [1.29, 1.82) is 0 Å². The van der Waals surface area contributed by atoms with Crippen LogP contribution in [0.5, 0.6) is 0 Å². The number of para-hydroxylation sites is 1. The minimum atomic E-state index is -0.912. The molecule has 1 saturated heterocycles. The standard InChI is InChI=1S/C26H33FN4O2S/c1-15-12-23(34-5)20(25(32)29-15)13-28-26(33)24-17(3)31(22-9-7-6-8-19(22)24)16(2)18-10-11-30(4)14-21(18)27/h6-9,12,16,18,20-21H,10-11,13-14H2,1-5H3,(H,28,33)/t16-,18-,20?,21+/m1/s1. The fourth-order valence-corrected chi connectivity index (χ4v) is 6.15. The number of nitrogens with zero attached hydrogens (tertiary/aromatic N) is 3. The molecule has 0 bridgehead atoms. The maximum atomic E-state index is 15.0. The Morgan fingerprint density at radius 1 is 1.32 bits per heavy atom. The van der Waals surface area contributed by atoms with E-state index in [4.69, 9.17) is 0 Å². The summed E-state index contributed by atoms with van der Waals surface area (Å²) in [4.78, 5) is 32.9. The molecule has 0 aliphatic carbocycles. The predicted octanol–water partition coefficient (Wildman–Crippen LogP) is 4.39. The van der Waals surface area contributed by atoms with Crippen LogP contribution in [0.4, 0.5) is 4.39 Å². The number of likely N-dealkylation sites (tertiary alicyclic amines) is 1. The number of benzene rings is 1. The van der Waals surface area contributed by atoms with Crippen LogP contribution in [0.15, 0.2) is 40.2 Å². The number of piperidine rings is 1. The van der Waals surface area contributed by atoms with Gasteiger partial charge in [-0.3, -0.25) is 9.59 Å². The van der Waals surface area contributed by atoms with Gasteiger partial charge in [-0.15, -0.1) is 11.8 Å². The molecular formula is C26H33FN4O2S. The highest BCUT2D eigenvalue weighted by Gasteiger charge is 2.35. The highest BCUT2D eigenvalue weighted by molar-refractivity contribution is 8.02. The summed E-state index contributed by atoms with van der Waals surface area (Å²) in [5.74, 6) is -1.04. The molecule has 2 aliphatic heterocycles. The number of carbonyl (C=O) groups is 2. The van der Waals surface area contributed by atoms with Crippen LogP contribution in [0.2, 0.25) is 0 Å². The molecule has 0 radical (unpaired) electrons. The number of rotatable bonds is 6. The molecule has 182 valence electrons. The molecule has 2 aliphatic rings. The van der Waals surface area contributed by atoms with Gasteiger partial charge in [-0.25, -0.2) is 9.38 Å². The van der Waals surface area contributed by atoms with Gasteiger partial charge in [-0.1, -0.05) is 18.2 Å². The molecule has 0 spiro atoms. The molecule has 8 heteroatoms. The molecule has 1 aromatic heterocycles. The number of hydrogen-bond donors (Lipinski definition) is 1. The van der Waals surface area contributed by atoms with E-state index in [1.807, 2.05) is 55.5 Å². The van der Waals surface area contributed by atoms with E-state index in [-0.39, 0.29) is 30.3 Å². The number of dihydropyridines is 1. The van der Waals surface area contributed by atoms with Crippen molar-refractivity contribution in [2.45, 2.75) is 39.4 Å². The Hall–Kier alpha value is -2.45. The monoisotopic (exact) mass is 484 g/mol. The number of halogens is 1. The highest BCUT2D eigenvalue weighted by atomic mass is 32.2. The second-order valence-corrected chi connectivity index (χ2v) is 10.3. The van der Waals surface area contributed by atoms with Gasteiger partial charge in [0.2, 0.25) is 0 Å². The van der Waals surface area contributed by atoms with Gasteiger partial charge in [0.1, 0.15) is 6.17 Å². The topological polar surface area (TPSA) is 66.7 Å². The fourth-order valence-electron chi connectivity index (χ4n) is 5.40. The number of nitrogens with one attached hydrogen (secondary N) is 1. The van der Waals surface area contributed by atoms with Crippen LogP contribution in [-0.4, -0.2) is 66.1 Å². The van der Waals surface area contributed by atoms with Crippen molar-refractivity contribution < 1.29 is 14.0 Å². The Kier molecular flexibility index (Phi) is 7.28. The minimum absolute atomic E-state index is 0.0848. The van der Waals surface area contributed by atoms with E-state index in [9.17, 15) is 9.59 Å². The van der Waals surface area contributed by atoms with E-state index in [0.717, 1.165) is 34.5 Å². The maximum absolute atomic E-state index is 15.0. The summed E-state index contributed by atoms with van der Waals surface area (Å²) in [6, 6.07) is 7.71. The molecule has 4 atom stereocenters. The first-order valence-corrected chi connectivity index (χ1v) is 13.0. The Balaban J connectivity index is 1.62. The van der Waals surface area contributed by atoms with Crippen LogP contribution in [0, 0.1) is 18.8 Å². The first-order valence-electron chi connectivity index (χ1n) is 11.8. The average Bonchev–Trinajstić information content (AvgIpc) is 3.09. The molecule has 1 aromatic carbocycles. The summed E-state index contributed by atoms with van der Waals surface area (Å²) in [5, 5.41) is 3.82. The third kappa shape index (κ3) is 4.58. The van der Waals surface area contributed by atoms with E-state index in [1.165, 1.54) is 11.8 Å².